The molecule has 2 aromatic carbocycles. The largest absolute Gasteiger partial charge is 0.472 e. The molecule has 0 saturated carbocycles. The number of aliphatic hydroxyl groups is 1. The lowest BCUT2D eigenvalue weighted by molar-refractivity contribution is 0.0325. The van der Waals surface area contributed by atoms with Crippen molar-refractivity contribution in [3.63, 3.8) is 0 Å². The fraction of sp³-hybridized carbons (Fsp3) is 0.357. The van der Waals surface area contributed by atoms with Crippen LogP contribution in [0.15, 0.2) is 60.8 Å². The summed E-state index contributed by atoms with van der Waals surface area (Å²) in [5.74, 6) is -0.794. The van der Waals surface area contributed by atoms with Crippen LogP contribution >= 0.6 is 0 Å². The van der Waals surface area contributed by atoms with Crippen LogP contribution in [0.4, 0.5) is 8.78 Å². The van der Waals surface area contributed by atoms with Gasteiger partial charge in [0.15, 0.2) is 0 Å². The SMILES string of the molecule is C[C@H](CO)N1C[C@H](C)[C@H](CN(C)Cc2ccc(F)cc2)Oc2ncc(-c3cccc(F)c3)cc2C1=O. The lowest BCUT2D eigenvalue weighted by Gasteiger charge is -2.37. The summed E-state index contributed by atoms with van der Waals surface area (Å²) in [4.78, 5) is 21.8. The Balaban J connectivity index is 1.65. The molecule has 0 unspecified atom stereocenters. The minimum Gasteiger partial charge on any atom is -0.472 e. The number of amides is 1. The summed E-state index contributed by atoms with van der Waals surface area (Å²) < 4.78 is 33.4. The van der Waals surface area contributed by atoms with Gasteiger partial charge < -0.3 is 14.7 Å². The number of pyridine rings is 1. The molecule has 0 aliphatic carbocycles. The van der Waals surface area contributed by atoms with Crippen molar-refractivity contribution < 1.29 is 23.4 Å². The molecule has 0 saturated heterocycles. The Bertz CT molecular complexity index is 1200. The maximum Gasteiger partial charge on any atom is 0.259 e. The molecule has 36 heavy (non-hydrogen) atoms. The molecule has 8 heteroatoms. The van der Waals surface area contributed by atoms with E-state index in [2.05, 4.69) is 9.88 Å². The van der Waals surface area contributed by atoms with Gasteiger partial charge >= 0.3 is 0 Å². The van der Waals surface area contributed by atoms with E-state index in [4.69, 9.17) is 4.74 Å². The third kappa shape index (κ3) is 5.88. The van der Waals surface area contributed by atoms with Crippen molar-refractivity contribution in [2.24, 2.45) is 5.92 Å². The van der Waals surface area contributed by atoms with Crippen LogP contribution in [0, 0.1) is 17.6 Å². The van der Waals surface area contributed by atoms with Crippen LogP contribution < -0.4 is 4.74 Å². The van der Waals surface area contributed by atoms with E-state index in [-0.39, 0.29) is 47.6 Å². The van der Waals surface area contributed by atoms with Gasteiger partial charge in [-0.15, -0.1) is 0 Å². The normalized spacial score (nSPS) is 18.9. The first kappa shape index (κ1) is 25.7. The summed E-state index contributed by atoms with van der Waals surface area (Å²) in [7, 11) is 1.96. The number of ether oxygens (including phenoxy) is 1. The van der Waals surface area contributed by atoms with Gasteiger partial charge in [0.1, 0.15) is 23.3 Å². The van der Waals surface area contributed by atoms with Crippen LogP contribution in [-0.2, 0) is 6.54 Å². The minimum absolute atomic E-state index is 0.0588. The summed E-state index contributed by atoms with van der Waals surface area (Å²) in [6.07, 6.45) is 1.27. The highest BCUT2D eigenvalue weighted by Crippen LogP contribution is 2.30. The van der Waals surface area contributed by atoms with E-state index in [1.54, 1.807) is 48.4 Å². The monoisotopic (exact) mass is 495 g/mol. The van der Waals surface area contributed by atoms with E-state index >= 15 is 0 Å². The number of rotatable bonds is 7. The Kier molecular flexibility index (Phi) is 7.96. The number of carbonyl (C=O) groups excluding carboxylic acids is 1. The molecule has 1 aromatic heterocycles. The van der Waals surface area contributed by atoms with E-state index in [0.29, 0.717) is 30.8 Å². The van der Waals surface area contributed by atoms with Gasteiger partial charge in [0, 0.05) is 37.3 Å². The molecule has 0 fully saturated rings. The molecule has 1 amide bonds. The van der Waals surface area contributed by atoms with Crippen molar-refractivity contribution in [3.8, 4) is 17.0 Å². The van der Waals surface area contributed by atoms with Gasteiger partial charge in [-0.25, -0.2) is 13.8 Å². The third-order valence-corrected chi connectivity index (χ3v) is 6.54. The van der Waals surface area contributed by atoms with Gasteiger partial charge in [0.25, 0.3) is 5.91 Å². The standard InChI is InChI=1S/C28H31F2N3O3/c1-18-14-33(19(2)17-34)28(35)25-12-22(21-5-4-6-24(30)11-21)13-31-27(25)36-26(18)16-32(3)15-20-7-9-23(29)10-8-20/h4-13,18-19,26,34H,14-17H2,1-3H3/t18-,19+,26-/m0/s1. The molecule has 0 bridgehead atoms. The second-order valence-electron chi connectivity index (χ2n) is 9.53. The van der Waals surface area contributed by atoms with Gasteiger partial charge in [0.05, 0.1) is 12.6 Å². The Morgan fingerprint density at radius 3 is 2.58 bits per heavy atom. The number of nitrogens with zero attached hydrogens (tertiary/aromatic N) is 3. The first-order chi connectivity index (χ1) is 17.2. The van der Waals surface area contributed by atoms with Crippen LogP contribution in [0.5, 0.6) is 5.88 Å². The van der Waals surface area contributed by atoms with Crippen molar-refractivity contribution >= 4 is 5.91 Å². The minimum atomic E-state index is -0.402. The zero-order valence-electron chi connectivity index (χ0n) is 20.7. The average molecular weight is 496 g/mol. The third-order valence-electron chi connectivity index (χ3n) is 6.54. The van der Waals surface area contributed by atoms with E-state index in [9.17, 15) is 18.7 Å². The van der Waals surface area contributed by atoms with E-state index < -0.39 is 6.04 Å². The Hall–Kier alpha value is -3.36. The number of hydrogen-bond acceptors (Lipinski definition) is 5. The molecular weight excluding hydrogens is 464 g/mol. The first-order valence-electron chi connectivity index (χ1n) is 12.0. The highest BCUT2D eigenvalue weighted by atomic mass is 19.1. The zero-order valence-corrected chi connectivity index (χ0v) is 20.7. The predicted molar refractivity (Wildman–Crippen MR) is 134 cm³/mol. The second-order valence-corrected chi connectivity index (χ2v) is 9.53. The molecule has 0 radical (unpaired) electrons. The predicted octanol–water partition coefficient (Wildman–Crippen LogP) is 4.38. The Morgan fingerprint density at radius 1 is 1.14 bits per heavy atom. The van der Waals surface area contributed by atoms with Gasteiger partial charge in [0.2, 0.25) is 5.88 Å². The van der Waals surface area contributed by atoms with Crippen molar-refractivity contribution in [1.29, 1.82) is 0 Å². The smallest absolute Gasteiger partial charge is 0.259 e. The lowest BCUT2D eigenvalue weighted by Crippen LogP contribution is -2.49. The summed E-state index contributed by atoms with van der Waals surface area (Å²) in [5, 5.41) is 9.84. The summed E-state index contributed by atoms with van der Waals surface area (Å²) in [6, 6.07) is 13.8. The Labute approximate surface area is 210 Å². The summed E-state index contributed by atoms with van der Waals surface area (Å²) in [5.41, 5.74) is 2.45. The number of halogens is 2. The molecule has 4 rings (SSSR count). The van der Waals surface area contributed by atoms with Gasteiger partial charge in [-0.2, -0.15) is 0 Å². The van der Waals surface area contributed by atoms with E-state index in [0.717, 1.165) is 5.56 Å². The number of hydrogen-bond donors (Lipinski definition) is 1. The fourth-order valence-corrected chi connectivity index (χ4v) is 4.42. The van der Waals surface area contributed by atoms with Crippen LogP contribution in [0.3, 0.4) is 0 Å². The average Bonchev–Trinajstić information content (AvgIpc) is 2.86. The molecular formula is C28H31F2N3O3. The van der Waals surface area contributed by atoms with Gasteiger partial charge in [-0.3, -0.25) is 9.69 Å². The number of aliphatic hydroxyl groups excluding tert-OH is 1. The summed E-state index contributed by atoms with van der Waals surface area (Å²) in [6.45, 7) is 5.15. The topological polar surface area (TPSA) is 65.9 Å². The Morgan fingerprint density at radius 2 is 1.89 bits per heavy atom. The molecule has 1 N–H and O–H groups in total. The van der Waals surface area contributed by atoms with Crippen LogP contribution in [0.1, 0.15) is 29.8 Å². The molecule has 3 aromatic rings. The molecule has 1 aliphatic rings. The quantitative estimate of drug-likeness (QED) is 0.527. The number of fused-ring (bicyclic) bond motifs is 1. The van der Waals surface area contributed by atoms with Crippen LogP contribution in [0.2, 0.25) is 0 Å². The lowest BCUT2D eigenvalue weighted by atomic mass is 9.99. The molecule has 190 valence electrons. The van der Waals surface area contributed by atoms with E-state index in [1.165, 1.54) is 24.3 Å². The molecule has 0 spiro atoms. The number of likely N-dealkylation sites (N-methyl/N-ethyl adjacent to an activating group) is 1. The number of carbonyl (C=O) groups is 1. The fourth-order valence-electron chi connectivity index (χ4n) is 4.42. The van der Waals surface area contributed by atoms with Gasteiger partial charge in [-0.05, 0) is 55.4 Å². The number of aromatic nitrogens is 1. The zero-order chi connectivity index (χ0) is 25.8. The first-order valence-corrected chi connectivity index (χ1v) is 12.0. The molecule has 3 atom stereocenters. The maximum absolute atomic E-state index is 13.8. The van der Waals surface area contributed by atoms with Crippen molar-refractivity contribution in [3.05, 3.63) is 83.6 Å². The van der Waals surface area contributed by atoms with Crippen molar-refractivity contribution in [2.75, 3.05) is 26.7 Å². The molecule has 1 aliphatic heterocycles. The highest BCUT2D eigenvalue weighted by molar-refractivity contribution is 5.98. The number of benzene rings is 2. The second kappa shape index (κ2) is 11.1. The van der Waals surface area contributed by atoms with Crippen molar-refractivity contribution in [2.45, 2.75) is 32.5 Å². The van der Waals surface area contributed by atoms with Crippen molar-refractivity contribution in [1.82, 2.24) is 14.8 Å². The van der Waals surface area contributed by atoms with Crippen LogP contribution in [-0.4, -0.2) is 64.7 Å². The van der Waals surface area contributed by atoms with Crippen LogP contribution in [0.25, 0.3) is 11.1 Å². The van der Waals surface area contributed by atoms with Gasteiger partial charge in [-0.1, -0.05) is 31.2 Å². The summed E-state index contributed by atoms with van der Waals surface area (Å²) >= 11 is 0. The van der Waals surface area contributed by atoms with E-state index in [1.807, 2.05) is 14.0 Å². The highest BCUT2D eigenvalue weighted by Gasteiger charge is 2.34. The maximum atomic E-state index is 13.8. The molecule has 2 heterocycles. The molecule has 6 nitrogen and oxygen atoms in total.